The third-order valence-electron chi connectivity index (χ3n) is 4.02. The van der Waals surface area contributed by atoms with E-state index in [4.69, 9.17) is 0 Å². The molecule has 2 aliphatic heterocycles. The molecule has 2 heterocycles. The molecule has 21 heavy (non-hydrogen) atoms. The van der Waals surface area contributed by atoms with Crippen molar-refractivity contribution in [3.05, 3.63) is 54.5 Å². The van der Waals surface area contributed by atoms with Crippen LogP contribution in [0, 0.1) is 6.92 Å². The zero-order valence-electron chi connectivity index (χ0n) is 13.5. The van der Waals surface area contributed by atoms with E-state index in [-0.39, 0.29) is 0 Å². The molecule has 0 spiro atoms. The highest BCUT2D eigenvalue weighted by atomic mass is 15.4. The maximum absolute atomic E-state index is 4.09. The van der Waals surface area contributed by atoms with E-state index in [1.54, 1.807) is 0 Å². The summed E-state index contributed by atoms with van der Waals surface area (Å²) in [6.07, 6.45) is 1.01. The van der Waals surface area contributed by atoms with Crippen LogP contribution in [0.1, 0.15) is 25.8 Å². The van der Waals surface area contributed by atoms with Gasteiger partial charge in [-0.3, -0.25) is 0 Å². The molecule has 3 nitrogen and oxygen atoms in total. The number of rotatable bonds is 2. The van der Waals surface area contributed by atoms with E-state index >= 15 is 0 Å². The Bertz CT molecular complexity index is 498. The number of hydrogen-bond acceptors (Lipinski definition) is 3. The Kier molecular flexibility index (Phi) is 4.94. The van der Waals surface area contributed by atoms with E-state index in [9.17, 15) is 0 Å². The number of benzene rings is 1. The van der Waals surface area contributed by atoms with E-state index in [1.807, 2.05) is 13.8 Å². The van der Waals surface area contributed by atoms with Crippen LogP contribution in [0.2, 0.25) is 0 Å². The Hall–Kier alpha value is -1.90. The van der Waals surface area contributed by atoms with Crippen molar-refractivity contribution in [3.63, 3.8) is 0 Å². The second-order valence-corrected chi connectivity index (χ2v) is 5.51. The van der Waals surface area contributed by atoms with Gasteiger partial charge in [0.25, 0.3) is 0 Å². The van der Waals surface area contributed by atoms with Gasteiger partial charge in [0.15, 0.2) is 0 Å². The standard InChI is InChI=1S/C16H21N3.C2H6/c1-12-4-6-15(7-5-12)18-10-16(11-18)19-9-8-13(2)17-14(19)3;1-2/h4-7,16-17H,2-3,8-11H2,1H3;1-2H3. The highest BCUT2D eigenvalue weighted by molar-refractivity contribution is 5.50. The quantitative estimate of drug-likeness (QED) is 0.897. The Morgan fingerprint density at radius 2 is 1.71 bits per heavy atom. The summed E-state index contributed by atoms with van der Waals surface area (Å²) in [5.41, 5.74) is 3.71. The molecule has 0 aromatic heterocycles. The molecule has 0 unspecified atom stereocenters. The Balaban J connectivity index is 0.000000774. The lowest BCUT2D eigenvalue weighted by molar-refractivity contribution is 0.191. The first kappa shape index (κ1) is 15.5. The largest absolute Gasteiger partial charge is 0.367 e. The SMILES string of the molecule is C=C1CCN(C2CN(c3ccc(C)cc3)C2)C(=C)N1.CC. The summed E-state index contributed by atoms with van der Waals surface area (Å²) in [6.45, 7) is 17.4. The molecule has 114 valence electrons. The van der Waals surface area contributed by atoms with Crippen LogP contribution in [0.4, 0.5) is 5.69 Å². The third kappa shape index (κ3) is 3.41. The van der Waals surface area contributed by atoms with Crippen LogP contribution in [0.25, 0.3) is 0 Å². The molecule has 0 aliphatic carbocycles. The van der Waals surface area contributed by atoms with Gasteiger partial charge in [-0.1, -0.05) is 44.7 Å². The van der Waals surface area contributed by atoms with Gasteiger partial charge >= 0.3 is 0 Å². The van der Waals surface area contributed by atoms with E-state index in [1.165, 1.54) is 11.3 Å². The maximum Gasteiger partial charge on any atom is 0.0984 e. The molecule has 2 aliphatic rings. The average Bonchev–Trinajstić information content (AvgIpc) is 2.44. The summed E-state index contributed by atoms with van der Waals surface area (Å²) in [7, 11) is 0. The summed E-state index contributed by atoms with van der Waals surface area (Å²) in [5.74, 6) is 1.00. The van der Waals surface area contributed by atoms with Crippen LogP contribution in [0.15, 0.2) is 48.9 Å². The predicted molar refractivity (Wildman–Crippen MR) is 91.3 cm³/mol. The fourth-order valence-corrected chi connectivity index (χ4v) is 2.75. The summed E-state index contributed by atoms with van der Waals surface area (Å²) < 4.78 is 0. The minimum atomic E-state index is 0.578. The molecular weight excluding hydrogens is 258 g/mol. The third-order valence-corrected chi connectivity index (χ3v) is 4.02. The van der Waals surface area contributed by atoms with Gasteiger partial charge in [-0.2, -0.15) is 0 Å². The van der Waals surface area contributed by atoms with Gasteiger partial charge in [0.05, 0.1) is 11.9 Å². The van der Waals surface area contributed by atoms with Crippen molar-refractivity contribution < 1.29 is 0 Å². The lowest BCUT2D eigenvalue weighted by atomic mass is 10.0. The second kappa shape index (κ2) is 6.70. The summed E-state index contributed by atoms with van der Waals surface area (Å²) in [5, 5.41) is 3.26. The molecule has 1 aromatic carbocycles. The van der Waals surface area contributed by atoms with Crippen molar-refractivity contribution >= 4 is 5.69 Å². The number of nitrogens with one attached hydrogen (secondary N) is 1. The molecule has 2 fully saturated rings. The number of nitrogens with zero attached hydrogens (tertiary/aromatic N) is 2. The average molecular weight is 285 g/mol. The van der Waals surface area contributed by atoms with E-state index in [0.29, 0.717) is 6.04 Å². The number of aryl methyl sites for hydroxylation is 1. The molecule has 1 N–H and O–H groups in total. The lowest BCUT2D eigenvalue weighted by Gasteiger charge is -2.49. The Morgan fingerprint density at radius 3 is 2.29 bits per heavy atom. The lowest BCUT2D eigenvalue weighted by Crippen LogP contribution is -2.61. The maximum atomic E-state index is 4.09. The van der Waals surface area contributed by atoms with E-state index in [2.05, 4.69) is 59.5 Å². The van der Waals surface area contributed by atoms with Gasteiger partial charge in [0.2, 0.25) is 0 Å². The zero-order chi connectivity index (χ0) is 15.4. The number of hydrogen-bond donors (Lipinski definition) is 1. The monoisotopic (exact) mass is 285 g/mol. The molecule has 0 atom stereocenters. The topological polar surface area (TPSA) is 18.5 Å². The van der Waals surface area contributed by atoms with Gasteiger partial charge in [0, 0.05) is 37.4 Å². The first-order valence-corrected chi connectivity index (χ1v) is 7.85. The van der Waals surface area contributed by atoms with Crippen LogP contribution < -0.4 is 10.2 Å². The summed E-state index contributed by atoms with van der Waals surface area (Å²) in [6, 6.07) is 9.34. The molecule has 3 rings (SSSR count). The first-order chi connectivity index (χ1) is 10.1. The molecule has 2 saturated heterocycles. The van der Waals surface area contributed by atoms with Gasteiger partial charge in [-0.05, 0) is 19.1 Å². The Labute approximate surface area is 128 Å². The smallest absolute Gasteiger partial charge is 0.0984 e. The zero-order valence-corrected chi connectivity index (χ0v) is 13.5. The summed E-state index contributed by atoms with van der Waals surface area (Å²) in [4.78, 5) is 4.79. The van der Waals surface area contributed by atoms with Crippen LogP contribution in [-0.2, 0) is 0 Å². The Morgan fingerprint density at radius 1 is 1.10 bits per heavy atom. The molecule has 1 aromatic rings. The molecular formula is C18H27N3. The van der Waals surface area contributed by atoms with Gasteiger partial charge < -0.3 is 15.1 Å². The molecule has 3 heteroatoms. The van der Waals surface area contributed by atoms with Gasteiger partial charge in [-0.15, -0.1) is 0 Å². The van der Waals surface area contributed by atoms with Crippen LogP contribution in [0.3, 0.4) is 0 Å². The molecule has 0 radical (unpaired) electrons. The number of anilines is 1. The first-order valence-electron chi connectivity index (χ1n) is 7.85. The summed E-state index contributed by atoms with van der Waals surface area (Å²) >= 11 is 0. The van der Waals surface area contributed by atoms with Crippen molar-refractivity contribution in [3.8, 4) is 0 Å². The fourth-order valence-electron chi connectivity index (χ4n) is 2.75. The van der Waals surface area contributed by atoms with Crippen molar-refractivity contribution in [2.75, 3.05) is 24.5 Å². The van der Waals surface area contributed by atoms with Crippen LogP contribution in [-0.4, -0.2) is 30.6 Å². The molecule has 0 amide bonds. The van der Waals surface area contributed by atoms with Crippen molar-refractivity contribution in [1.82, 2.24) is 10.2 Å². The van der Waals surface area contributed by atoms with E-state index in [0.717, 1.165) is 37.6 Å². The fraction of sp³-hybridized carbons (Fsp3) is 0.444. The van der Waals surface area contributed by atoms with Crippen molar-refractivity contribution in [2.45, 2.75) is 33.2 Å². The second-order valence-electron chi connectivity index (χ2n) is 5.51. The molecule has 0 bridgehead atoms. The highest BCUT2D eigenvalue weighted by Crippen LogP contribution is 2.27. The van der Waals surface area contributed by atoms with Crippen molar-refractivity contribution in [1.29, 1.82) is 0 Å². The normalized spacial score (nSPS) is 18.6. The van der Waals surface area contributed by atoms with E-state index < -0.39 is 0 Å². The minimum Gasteiger partial charge on any atom is -0.367 e. The minimum absolute atomic E-state index is 0.578. The predicted octanol–water partition coefficient (Wildman–Crippen LogP) is 3.49. The van der Waals surface area contributed by atoms with Gasteiger partial charge in [-0.25, -0.2) is 0 Å². The molecule has 0 saturated carbocycles. The van der Waals surface area contributed by atoms with Crippen LogP contribution in [0.5, 0.6) is 0 Å². The van der Waals surface area contributed by atoms with Gasteiger partial charge in [0.1, 0.15) is 0 Å². The van der Waals surface area contributed by atoms with Crippen LogP contribution >= 0.6 is 0 Å². The van der Waals surface area contributed by atoms with Crippen molar-refractivity contribution in [2.24, 2.45) is 0 Å². The highest BCUT2D eigenvalue weighted by Gasteiger charge is 2.33.